The van der Waals surface area contributed by atoms with E-state index in [4.69, 9.17) is 4.74 Å². The van der Waals surface area contributed by atoms with Crippen molar-refractivity contribution in [2.45, 2.75) is 64.3 Å². The molecule has 0 aliphatic heterocycles. The lowest BCUT2D eigenvalue weighted by Crippen LogP contribution is -2.40. The van der Waals surface area contributed by atoms with E-state index in [1.165, 1.54) is 37.4 Å². The van der Waals surface area contributed by atoms with E-state index in [0.29, 0.717) is 16.4 Å². The van der Waals surface area contributed by atoms with Crippen molar-refractivity contribution in [3.63, 3.8) is 0 Å². The summed E-state index contributed by atoms with van der Waals surface area (Å²) in [5.41, 5.74) is -0.166. The van der Waals surface area contributed by atoms with E-state index in [9.17, 15) is 14.4 Å². The van der Waals surface area contributed by atoms with Crippen LogP contribution in [0.5, 0.6) is 0 Å². The minimum atomic E-state index is -0.553. The first-order valence-electron chi connectivity index (χ1n) is 10.9. The summed E-state index contributed by atoms with van der Waals surface area (Å²) in [4.78, 5) is 37.7. The fourth-order valence-electron chi connectivity index (χ4n) is 4.64. The number of Topliss-reactive ketones (excluding diaryl/α,β-unsaturated/α-hetero) is 1. The Morgan fingerprint density at radius 1 is 1.17 bits per heavy atom. The predicted octanol–water partition coefficient (Wildman–Crippen LogP) is 4.49. The number of hydrogen-bond acceptors (Lipinski definition) is 5. The van der Waals surface area contributed by atoms with Crippen molar-refractivity contribution in [3.8, 4) is 0 Å². The Balaban J connectivity index is 1.51. The number of thioether (sulfide) groups is 1. The molecular weight excluding hydrogens is 398 g/mol. The smallest absolute Gasteiger partial charge is 0.339 e. The summed E-state index contributed by atoms with van der Waals surface area (Å²) in [6, 6.07) is 7.25. The highest BCUT2D eigenvalue weighted by Crippen LogP contribution is 2.49. The van der Waals surface area contributed by atoms with Crippen molar-refractivity contribution in [3.05, 3.63) is 29.8 Å². The van der Waals surface area contributed by atoms with Crippen molar-refractivity contribution in [1.82, 2.24) is 5.32 Å². The van der Waals surface area contributed by atoms with E-state index in [0.717, 1.165) is 11.8 Å². The lowest BCUT2D eigenvalue weighted by molar-refractivity contribution is -0.129. The van der Waals surface area contributed by atoms with Gasteiger partial charge in [-0.05, 0) is 56.1 Å². The first-order chi connectivity index (χ1) is 14.1. The Hall–Kier alpha value is -1.82. The molecule has 6 heteroatoms. The number of amides is 1. The van der Waals surface area contributed by atoms with E-state index in [1.54, 1.807) is 39.0 Å². The summed E-state index contributed by atoms with van der Waals surface area (Å²) in [7, 11) is 0. The van der Waals surface area contributed by atoms with Gasteiger partial charge < -0.3 is 10.1 Å². The van der Waals surface area contributed by atoms with Gasteiger partial charge in [0.15, 0.2) is 12.4 Å². The van der Waals surface area contributed by atoms with Crippen LogP contribution in [0.3, 0.4) is 0 Å². The van der Waals surface area contributed by atoms with Gasteiger partial charge in [0.05, 0.1) is 11.3 Å². The zero-order chi connectivity index (χ0) is 21.9. The molecule has 2 bridgehead atoms. The van der Waals surface area contributed by atoms with Crippen LogP contribution in [0.1, 0.15) is 63.7 Å². The molecule has 1 amide bonds. The van der Waals surface area contributed by atoms with Gasteiger partial charge in [0.25, 0.3) is 0 Å². The van der Waals surface area contributed by atoms with Crippen LogP contribution in [0.2, 0.25) is 0 Å². The number of rotatable bonds is 8. The Morgan fingerprint density at radius 3 is 2.53 bits per heavy atom. The first kappa shape index (κ1) is 22.9. The number of carbonyl (C=O) groups excluding carboxylic acids is 3. The van der Waals surface area contributed by atoms with Crippen molar-refractivity contribution in [2.24, 2.45) is 23.2 Å². The topological polar surface area (TPSA) is 72.5 Å². The maximum absolute atomic E-state index is 12.5. The van der Waals surface area contributed by atoms with E-state index in [1.807, 2.05) is 6.07 Å². The highest BCUT2D eigenvalue weighted by molar-refractivity contribution is 8.00. The Kier molecular flexibility index (Phi) is 7.27. The van der Waals surface area contributed by atoms with Crippen LogP contribution in [0.15, 0.2) is 29.2 Å². The summed E-state index contributed by atoms with van der Waals surface area (Å²) in [6.45, 7) is 7.25. The molecule has 2 aliphatic rings. The number of esters is 1. The molecule has 0 spiro atoms. The number of carbonyl (C=O) groups is 3. The number of nitrogens with one attached hydrogen (secondary N) is 1. The van der Waals surface area contributed by atoms with Crippen molar-refractivity contribution in [2.75, 3.05) is 12.4 Å². The Bertz CT molecular complexity index is 801. The molecule has 0 radical (unpaired) electrons. The zero-order valence-electron chi connectivity index (χ0n) is 18.4. The third-order valence-electron chi connectivity index (χ3n) is 6.46. The monoisotopic (exact) mass is 431 g/mol. The van der Waals surface area contributed by atoms with Crippen LogP contribution in [0.4, 0.5) is 0 Å². The number of hydrogen-bond donors (Lipinski definition) is 1. The number of fused-ring (bicyclic) bond motifs is 2. The van der Waals surface area contributed by atoms with Crippen molar-refractivity contribution < 1.29 is 19.1 Å². The summed E-state index contributed by atoms with van der Waals surface area (Å²) in [5, 5.41) is 3.16. The molecule has 0 aromatic heterocycles. The van der Waals surface area contributed by atoms with E-state index in [2.05, 4.69) is 12.2 Å². The van der Waals surface area contributed by atoms with Crippen LogP contribution < -0.4 is 5.32 Å². The fourth-order valence-corrected chi connectivity index (χ4v) is 5.49. The molecule has 2 aliphatic carbocycles. The quantitative estimate of drug-likeness (QED) is 0.485. The van der Waals surface area contributed by atoms with Gasteiger partial charge in [-0.1, -0.05) is 39.3 Å². The minimum Gasteiger partial charge on any atom is -0.454 e. The molecule has 4 atom stereocenters. The second-order valence-electron chi connectivity index (χ2n) is 9.73. The second kappa shape index (κ2) is 9.54. The van der Waals surface area contributed by atoms with Gasteiger partial charge in [0.1, 0.15) is 0 Å². The average Bonchev–Trinajstić information content (AvgIpc) is 3.33. The highest BCUT2D eigenvalue weighted by Gasteiger charge is 2.42. The minimum absolute atomic E-state index is 0.0126. The second-order valence-corrected chi connectivity index (χ2v) is 10.7. The van der Waals surface area contributed by atoms with Gasteiger partial charge in [0.2, 0.25) is 5.91 Å². The van der Waals surface area contributed by atoms with Gasteiger partial charge in [-0.3, -0.25) is 9.59 Å². The summed E-state index contributed by atoms with van der Waals surface area (Å²) >= 11 is 1.33. The van der Waals surface area contributed by atoms with E-state index in [-0.39, 0.29) is 30.1 Å². The molecule has 0 unspecified atom stereocenters. The average molecular weight is 432 g/mol. The highest BCUT2D eigenvalue weighted by atomic mass is 32.2. The van der Waals surface area contributed by atoms with Gasteiger partial charge in [-0.25, -0.2) is 4.79 Å². The van der Waals surface area contributed by atoms with Gasteiger partial charge in [-0.15, -0.1) is 11.8 Å². The van der Waals surface area contributed by atoms with Crippen LogP contribution in [-0.2, 0) is 14.3 Å². The lowest BCUT2D eigenvalue weighted by Gasteiger charge is -2.28. The van der Waals surface area contributed by atoms with Gasteiger partial charge >= 0.3 is 5.97 Å². The van der Waals surface area contributed by atoms with Crippen LogP contribution >= 0.6 is 11.8 Å². The summed E-state index contributed by atoms with van der Waals surface area (Å²) < 4.78 is 5.22. The molecule has 1 aromatic carbocycles. The predicted molar refractivity (Wildman–Crippen MR) is 118 cm³/mol. The molecule has 1 N–H and O–H groups in total. The SMILES string of the molecule is C[C@H](NC(=O)CSc1ccccc1C(=O)OCC(=O)C(C)(C)C)[C@@H]1C[C@H]2CC[C@H]1C2. The molecule has 5 nitrogen and oxygen atoms in total. The van der Waals surface area contributed by atoms with Gasteiger partial charge in [0, 0.05) is 16.4 Å². The van der Waals surface area contributed by atoms with Crippen LogP contribution in [0.25, 0.3) is 0 Å². The van der Waals surface area contributed by atoms with Crippen molar-refractivity contribution in [1.29, 1.82) is 0 Å². The molecule has 0 saturated heterocycles. The first-order valence-corrected chi connectivity index (χ1v) is 11.9. The largest absolute Gasteiger partial charge is 0.454 e. The van der Waals surface area contributed by atoms with Crippen LogP contribution in [0, 0.1) is 23.2 Å². The molecular formula is C24H33NO4S. The number of ether oxygens (including phenoxy) is 1. The van der Waals surface area contributed by atoms with Crippen molar-refractivity contribution >= 4 is 29.4 Å². The lowest BCUT2D eigenvalue weighted by atomic mass is 9.84. The van der Waals surface area contributed by atoms with Gasteiger partial charge in [-0.2, -0.15) is 0 Å². The Labute approximate surface area is 183 Å². The van der Waals surface area contributed by atoms with Crippen LogP contribution in [-0.4, -0.2) is 36.1 Å². The zero-order valence-corrected chi connectivity index (χ0v) is 19.2. The molecule has 1 aromatic rings. The maximum atomic E-state index is 12.5. The Morgan fingerprint density at radius 2 is 1.90 bits per heavy atom. The molecule has 2 fully saturated rings. The molecule has 164 valence electrons. The molecule has 3 rings (SSSR count). The fraction of sp³-hybridized carbons (Fsp3) is 0.625. The summed E-state index contributed by atoms with van der Waals surface area (Å²) in [6.07, 6.45) is 5.22. The number of ketones is 1. The molecule has 2 saturated carbocycles. The third-order valence-corrected chi connectivity index (χ3v) is 7.53. The normalized spacial score (nSPS) is 23.8. The summed E-state index contributed by atoms with van der Waals surface area (Å²) in [5.74, 6) is 1.79. The van der Waals surface area contributed by atoms with E-state index >= 15 is 0 Å². The molecule has 30 heavy (non-hydrogen) atoms. The molecule has 0 heterocycles. The van der Waals surface area contributed by atoms with E-state index < -0.39 is 11.4 Å². The standard InChI is InChI=1S/C24H33NO4S/c1-15(19-12-16-9-10-17(19)11-16)25-22(27)14-30-20-8-6-5-7-18(20)23(28)29-13-21(26)24(2,3)4/h5-8,15-17,19H,9-14H2,1-4H3,(H,25,27)/t15-,16-,17-,19-/m0/s1. The number of benzene rings is 1. The third kappa shape index (κ3) is 5.65. The maximum Gasteiger partial charge on any atom is 0.339 e.